The summed E-state index contributed by atoms with van der Waals surface area (Å²) in [6.07, 6.45) is 5.04. The van der Waals surface area contributed by atoms with Crippen molar-refractivity contribution in [1.29, 1.82) is 0 Å². The number of benzene rings is 2. The molecule has 0 saturated carbocycles. The summed E-state index contributed by atoms with van der Waals surface area (Å²) >= 11 is 0. The molecule has 0 aromatic heterocycles. The molecule has 1 aliphatic heterocycles. The van der Waals surface area contributed by atoms with Crippen molar-refractivity contribution < 1.29 is 13.9 Å². The second-order valence-electron chi connectivity index (χ2n) is 5.16. The summed E-state index contributed by atoms with van der Waals surface area (Å²) in [6, 6.07) is 13.8. The van der Waals surface area contributed by atoms with Crippen molar-refractivity contribution in [2.24, 2.45) is 4.99 Å². The molecule has 3 rings (SSSR count). The van der Waals surface area contributed by atoms with Gasteiger partial charge in [0.1, 0.15) is 5.82 Å². The lowest BCUT2D eigenvalue weighted by Crippen LogP contribution is -2.01. The van der Waals surface area contributed by atoms with Crippen molar-refractivity contribution in [2.75, 3.05) is 0 Å². The molecule has 1 heterocycles. The van der Waals surface area contributed by atoms with Gasteiger partial charge in [0.25, 0.3) is 0 Å². The van der Waals surface area contributed by atoms with Crippen LogP contribution in [0.5, 0.6) is 0 Å². The third-order valence-corrected chi connectivity index (χ3v) is 3.31. The van der Waals surface area contributed by atoms with Gasteiger partial charge in [-0.15, -0.1) is 0 Å². The molecule has 4 heteroatoms. The number of hydrogen-bond acceptors (Lipinski definition) is 3. The van der Waals surface area contributed by atoms with Gasteiger partial charge in [0.15, 0.2) is 5.70 Å². The monoisotopic (exact) mass is 307 g/mol. The van der Waals surface area contributed by atoms with Gasteiger partial charge in [0.2, 0.25) is 5.90 Å². The van der Waals surface area contributed by atoms with E-state index in [1.165, 1.54) is 17.7 Å². The summed E-state index contributed by atoms with van der Waals surface area (Å²) < 4.78 is 18.0. The molecule has 0 N–H and O–H groups in total. The second-order valence-corrected chi connectivity index (χ2v) is 5.16. The van der Waals surface area contributed by atoms with E-state index in [1.807, 2.05) is 37.3 Å². The van der Waals surface area contributed by atoms with Gasteiger partial charge in [-0.25, -0.2) is 14.2 Å². The molecule has 114 valence electrons. The Balaban J connectivity index is 1.78. The van der Waals surface area contributed by atoms with Crippen molar-refractivity contribution in [3.05, 3.63) is 82.8 Å². The Bertz CT molecular complexity index is 815. The van der Waals surface area contributed by atoms with Crippen LogP contribution in [0.4, 0.5) is 4.39 Å². The predicted molar refractivity (Wildman–Crippen MR) is 88.1 cm³/mol. The Morgan fingerprint density at radius 1 is 0.957 bits per heavy atom. The zero-order chi connectivity index (χ0) is 16.2. The van der Waals surface area contributed by atoms with E-state index >= 15 is 0 Å². The van der Waals surface area contributed by atoms with Crippen LogP contribution in [0.25, 0.3) is 12.2 Å². The van der Waals surface area contributed by atoms with Crippen molar-refractivity contribution in [1.82, 2.24) is 0 Å². The van der Waals surface area contributed by atoms with Crippen LogP contribution < -0.4 is 0 Å². The average Bonchev–Trinajstić information content (AvgIpc) is 2.89. The molecule has 0 amide bonds. The van der Waals surface area contributed by atoms with Gasteiger partial charge in [-0.1, -0.05) is 42.0 Å². The highest BCUT2D eigenvalue weighted by molar-refractivity contribution is 6.11. The number of carbonyl (C=O) groups is 1. The zero-order valence-electron chi connectivity index (χ0n) is 12.5. The molecule has 0 bridgehead atoms. The number of rotatable bonds is 3. The van der Waals surface area contributed by atoms with E-state index < -0.39 is 5.97 Å². The first kappa shape index (κ1) is 14.9. The van der Waals surface area contributed by atoms with Gasteiger partial charge in [0.05, 0.1) is 0 Å². The molecule has 0 spiro atoms. The number of carbonyl (C=O) groups excluding carboxylic acids is 1. The summed E-state index contributed by atoms with van der Waals surface area (Å²) in [4.78, 5) is 15.9. The number of hydrogen-bond donors (Lipinski definition) is 0. The number of ether oxygens (including phenoxy) is 1. The quantitative estimate of drug-likeness (QED) is 0.631. The first-order valence-electron chi connectivity index (χ1n) is 7.13. The van der Waals surface area contributed by atoms with Gasteiger partial charge >= 0.3 is 5.97 Å². The fraction of sp³-hybridized carbons (Fsp3) is 0.0526. The third kappa shape index (κ3) is 3.80. The highest BCUT2D eigenvalue weighted by Gasteiger charge is 2.20. The first-order chi connectivity index (χ1) is 11.1. The lowest BCUT2D eigenvalue weighted by atomic mass is 10.1. The van der Waals surface area contributed by atoms with Crippen molar-refractivity contribution in [2.45, 2.75) is 6.92 Å². The lowest BCUT2D eigenvalue weighted by molar-refractivity contribution is -0.129. The van der Waals surface area contributed by atoms with Crippen molar-refractivity contribution >= 4 is 24.0 Å². The molecule has 0 unspecified atom stereocenters. The summed E-state index contributed by atoms with van der Waals surface area (Å²) in [5.74, 6) is -0.604. The Hall–Kier alpha value is -3.01. The first-order valence-corrected chi connectivity index (χ1v) is 7.13. The molecule has 3 nitrogen and oxygen atoms in total. The normalized spacial score (nSPS) is 16.0. The number of aryl methyl sites for hydroxylation is 1. The van der Waals surface area contributed by atoms with Gasteiger partial charge < -0.3 is 4.74 Å². The van der Waals surface area contributed by atoms with Crippen LogP contribution in [0.3, 0.4) is 0 Å². The largest absolute Gasteiger partial charge is 0.403 e. The fourth-order valence-electron chi connectivity index (χ4n) is 2.06. The molecule has 1 aliphatic rings. The minimum Gasteiger partial charge on any atom is -0.403 e. The zero-order valence-corrected chi connectivity index (χ0v) is 12.5. The van der Waals surface area contributed by atoms with E-state index in [2.05, 4.69) is 4.99 Å². The number of cyclic esters (lactones) is 1. The molecule has 0 fully saturated rings. The van der Waals surface area contributed by atoms with Gasteiger partial charge in [-0.05, 0) is 42.3 Å². The molecule has 2 aromatic rings. The van der Waals surface area contributed by atoms with Crippen molar-refractivity contribution in [3.8, 4) is 0 Å². The molecule has 23 heavy (non-hydrogen) atoms. The van der Waals surface area contributed by atoms with Gasteiger partial charge in [0, 0.05) is 6.08 Å². The maximum Gasteiger partial charge on any atom is 0.363 e. The van der Waals surface area contributed by atoms with E-state index in [1.54, 1.807) is 24.3 Å². The van der Waals surface area contributed by atoms with Crippen LogP contribution in [0.1, 0.15) is 16.7 Å². The summed E-state index contributed by atoms with van der Waals surface area (Å²) in [7, 11) is 0. The summed E-state index contributed by atoms with van der Waals surface area (Å²) in [6.45, 7) is 2.02. The Morgan fingerprint density at radius 2 is 1.61 bits per heavy atom. The van der Waals surface area contributed by atoms with Crippen LogP contribution in [0.2, 0.25) is 0 Å². The third-order valence-electron chi connectivity index (χ3n) is 3.31. The minimum atomic E-state index is -0.516. The van der Waals surface area contributed by atoms with E-state index in [0.29, 0.717) is 5.56 Å². The van der Waals surface area contributed by atoms with Crippen LogP contribution in [-0.4, -0.2) is 11.9 Å². The molecule has 0 aliphatic carbocycles. The van der Waals surface area contributed by atoms with E-state index in [9.17, 15) is 9.18 Å². The second kappa shape index (κ2) is 6.40. The minimum absolute atomic E-state index is 0.195. The Labute approximate surface area is 133 Å². The van der Waals surface area contributed by atoms with Crippen molar-refractivity contribution in [3.63, 3.8) is 0 Å². The summed E-state index contributed by atoms with van der Waals surface area (Å²) in [5.41, 5.74) is 3.05. The molecular weight excluding hydrogens is 293 g/mol. The van der Waals surface area contributed by atoms with Crippen LogP contribution in [0, 0.1) is 12.7 Å². The topological polar surface area (TPSA) is 38.7 Å². The number of aliphatic imine (C=N–C) groups is 1. The van der Waals surface area contributed by atoms with E-state index in [4.69, 9.17) is 4.74 Å². The maximum absolute atomic E-state index is 12.9. The standard InChI is InChI=1S/C19H14FNO2/c1-13-2-4-14(5-3-13)8-11-18-21-17(19(22)23-18)12-15-6-9-16(20)10-7-15/h2-12H,1H3/b11-8+,17-12?. The highest BCUT2D eigenvalue weighted by Crippen LogP contribution is 2.17. The fourth-order valence-corrected chi connectivity index (χ4v) is 2.06. The Kier molecular flexibility index (Phi) is 4.15. The van der Waals surface area contributed by atoms with Crippen LogP contribution in [-0.2, 0) is 9.53 Å². The van der Waals surface area contributed by atoms with E-state index in [-0.39, 0.29) is 17.4 Å². The molecule has 0 saturated heterocycles. The lowest BCUT2D eigenvalue weighted by Gasteiger charge is -1.95. The van der Waals surface area contributed by atoms with Gasteiger partial charge in [-0.3, -0.25) is 0 Å². The summed E-state index contributed by atoms with van der Waals surface area (Å²) in [5, 5.41) is 0. The molecular formula is C19H14FNO2. The molecule has 0 radical (unpaired) electrons. The van der Waals surface area contributed by atoms with E-state index in [0.717, 1.165) is 5.56 Å². The smallest absolute Gasteiger partial charge is 0.363 e. The molecule has 0 atom stereocenters. The number of esters is 1. The molecule has 2 aromatic carbocycles. The number of nitrogens with zero attached hydrogens (tertiary/aromatic N) is 1. The Morgan fingerprint density at radius 3 is 2.30 bits per heavy atom. The SMILES string of the molecule is Cc1ccc(/C=C/C2=NC(=Cc3ccc(F)cc3)C(=O)O2)cc1. The van der Waals surface area contributed by atoms with Gasteiger partial charge in [-0.2, -0.15) is 0 Å². The average molecular weight is 307 g/mol. The maximum atomic E-state index is 12.9. The highest BCUT2D eigenvalue weighted by atomic mass is 19.1. The van der Waals surface area contributed by atoms with Crippen LogP contribution >= 0.6 is 0 Å². The predicted octanol–water partition coefficient (Wildman–Crippen LogP) is 4.14. The number of halogens is 1. The van der Waals surface area contributed by atoms with Crippen LogP contribution in [0.15, 0.2) is 65.3 Å².